The van der Waals surface area contributed by atoms with Crippen molar-refractivity contribution in [3.8, 4) is 0 Å². The van der Waals surface area contributed by atoms with Gasteiger partial charge in [0.15, 0.2) is 0 Å². The molecule has 18 heavy (non-hydrogen) atoms. The molecule has 1 aromatic heterocycles. The van der Waals surface area contributed by atoms with Crippen LogP contribution in [-0.4, -0.2) is 18.8 Å². The molecule has 2 N–H and O–H groups in total. The van der Waals surface area contributed by atoms with E-state index in [0.29, 0.717) is 0 Å². The van der Waals surface area contributed by atoms with Crippen molar-refractivity contribution in [2.24, 2.45) is 0 Å². The molecule has 1 heterocycles. The maximum atomic E-state index is 11.9. The average Bonchev–Trinajstić information content (AvgIpc) is 2.74. The zero-order chi connectivity index (χ0) is 13.2. The van der Waals surface area contributed by atoms with Crippen molar-refractivity contribution in [2.75, 3.05) is 6.54 Å². The zero-order valence-corrected chi connectivity index (χ0v) is 10.3. The third-order valence-corrected chi connectivity index (χ3v) is 3.80. The van der Waals surface area contributed by atoms with E-state index in [2.05, 4.69) is 5.32 Å². The first kappa shape index (κ1) is 13.2. The molecule has 1 aliphatic rings. The predicted octanol–water partition coefficient (Wildman–Crippen LogP) is 2.99. The smallest absolute Gasteiger partial charge is 0.331 e. The Bertz CT molecular complexity index is 430. The van der Waals surface area contributed by atoms with E-state index in [-0.39, 0.29) is 6.04 Å². The third kappa shape index (κ3) is 3.38. The van der Waals surface area contributed by atoms with Gasteiger partial charge in [0, 0.05) is 4.88 Å². The second-order valence-corrected chi connectivity index (χ2v) is 5.19. The van der Waals surface area contributed by atoms with E-state index in [4.69, 9.17) is 0 Å². The molecule has 1 atom stereocenters. The molecular weight excluding hydrogens is 265 g/mol. The van der Waals surface area contributed by atoms with Gasteiger partial charge in [0.05, 0.1) is 6.04 Å². The predicted molar refractivity (Wildman–Crippen MR) is 62.6 cm³/mol. The van der Waals surface area contributed by atoms with E-state index in [9.17, 15) is 18.0 Å². The van der Waals surface area contributed by atoms with Gasteiger partial charge in [0.2, 0.25) is 0 Å². The average molecular weight is 278 g/mol. The Morgan fingerprint density at radius 3 is 3.00 bits per heavy atom. The van der Waals surface area contributed by atoms with E-state index < -0.39 is 18.8 Å². The minimum Gasteiger partial charge on any atom is -0.331 e. The van der Waals surface area contributed by atoms with Crippen LogP contribution in [-0.2, 0) is 6.42 Å². The highest BCUT2D eigenvalue weighted by Gasteiger charge is 2.29. The SMILES string of the molecule is O=C(NCC(F)(F)F)NC1CCCc2sccc21. The van der Waals surface area contributed by atoms with Crippen LogP contribution in [0.2, 0.25) is 0 Å². The largest absolute Gasteiger partial charge is 0.405 e. The van der Waals surface area contributed by atoms with Crippen molar-refractivity contribution in [1.29, 1.82) is 0 Å². The molecule has 0 aliphatic heterocycles. The summed E-state index contributed by atoms with van der Waals surface area (Å²) >= 11 is 1.62. The summed E-state index contributed by atoms with van der Waals surface area (Å²) in [5.41, 5.74) is 1.04. The summed E-state index contributed by atoms with van der Waals surface area (Å²) in [7, 11) is 0. The number of urea groups is 1. The summed E-state index contributed by atoms with van der Waals surface area (Å²) in [6, 6.07) is 0.984. The highest BCUT2D eigenvalue weighted by molar-refractivity contribution is 7.10. The molecule has 0 bridgehead atoms. The van der Waals surface area contributed by atoms with Crippen LogP contribution in [0.3, 0.4) is 0 Å². The molecule has 0 spiro atoms. The van der Waals surface area contributed by atoms with Crippen LogP contribution in [0.5, 0.6) is 0 Å². The Labute approximate surface area is 106 Å². The number of carbonyl (C=O) groups excluding carboxylic acids is 1. The van der Waals surface area contributed by atoms with E-state index in [1.54, 1.807) is 11.3 Å². The first-order valence-corrected chi connectivity index (χ1v) is 6.51. The second kappa shape index (κ2) is 5.17. The monoisotopic (exact) mass is 278 g/mol. The van der Waals surface area contributed by atoms with Crippen molar-refractivity contribution in [1.82, 2.24) is 10.6 Å². The Balaban J connectivity index is 1.90. The number of halogens is 3. The van der Waals surface area contributed by atoms with Crippen LogP contribution >= 0.6 is 11.3 Å². The molecule has 1 unspecified atom stereocenters. The molecule has 0 radical (unpaired) electrons. The van der Waals surface area contributed by atoms with Gasteiger partial charge >= 0.3 is 12.2 Å². The van der Waals surface area contributed by atoms with Gasteiger partial charge in [-0.15, -0.1) is 11.3 Å². The summed E-state index contributed by atoms with van der Waals surface area (Å²) in [4.78, 5) is 12.6. The van der Waals surface area contributed by atoms with Crippen molar-refractivity contribution in [3.63, 3.8) is 0 Å². The van der Waals surface area contributed by atoms with Crippen molar-refractivity contribution in [3.05, 3.63) is 21.9 Å². The van der Waals surface area contributed by atoms with Crippen molar-refractivity contribution >= 4 is 17.4 Å². The Morgan fingerprint density at radius 1 is 1.50 bits per heavy atom. The molecule has 2 amide bonds. The first-order chi connectivity index (χ1) is 8.46. The fourth-order valence-corrected chi connectivity index (χ4v) is 3.01. The number of nitrogens with one attached hydrogen (secondary N) is 2. The van der Waals surface area contributed by atoms with Gasteiger partial charge in [-0.25, -0.2) is 4.79 Å². The van der Waals surface area contributed by atoms with E-state index >= 15 is 0 Å². The second-order valence-electron chi connectivity index (χ2n) is 4.19. The van der Waals surface area contributed by atoms with E-state index in [1.165, 1.54) is 4.88 Å². The fraction of sp³-hybridized carbons (Fsp3) is 0.545. The lowest BCUT2D eigenvalue weighted by molar-refractivity contribution is -0.122. The normalized spacial score (nSPS) is 19.2. The maximum Gasteiger partial charge on any atom is 0.405 e. The van der Waals surface area contributed by atoms with Gasteiger partial charge < -0.3 is 10.6 Å². The number of rotatable bonds is 2. The van der Waals surface area contributed by atoms with Crippen LogP contribution in [0.4, 0.5) is 18.0 Å². The summed E-state index contributed by atoms with van der Waals surface area (Å²) in [5.74, 6) is 0. The molecule has 0 fully saturated rings. The molecule has 100 valence electrons. The molecule has 3 nitrogen and oxygen atoms in total. The van der Waals surface area contributed by atoms with Gasteiger partial charge in [0.25, 0.3) is 0 Å². The highest BCUT2D eigenvalue weighted by atomic mass is 32.1. The van der Waals surface area contributed by atoms with Gasteiger partial charge in [0.1, 0.15) is 6.54 Å². The summed E-state index contributed by atoms with van der Waals surface area (Å²) < 4.78 is 35.8. The molecule has 2 rings (SSSR count). The Hall–Kier alpha value is -1.24. The lowest BCUT2D eigenvalue weighted by Gasteiger charge is -2.24. The van der Waals surface area contributed by atoms with Crippen LogP contribution in [0.1, 0.15) is 29.3 Å². The van der Waals surface area contributed by atoms with Gasteiger partial charge in [-0.3, -0.25) is 0 Å². The van der Waals surface area contributed by atoms with Crippen LogP contribution in [0.25, 0.3) is 0 Å². The highest BCUT2D eigenvalue weighted by Crippen LogP contribution is 2.33. The number of amides is 2. The summed E-state index contributed by atoms with van der Waals surface area (Å²) in [6.07, 6.45) is -1.69. The Morgan fingerprint density at radius 2 is 2.28 bits per heavy atom. The number of fused-ring (bicyclic) bond motifs is 1. The third-order valence-electron chi connectivity index (χ3n) is 2.81. The van der Waals surface area contributed by atoms with E-state index in [0.717, 1.165) is 24.8 Å². The van der Waals surface area contributed by atoms with Crippen LogP contribution in [0, 0.1) is 0 Å². The van der Waals surface area contributed by atoms with Gasteiger partial charge in [-0.1, -0.05) is 0 Å². The lowest BCUT2D eigenvalue weighted by Crippen LogP contribution is -2.42. The number of hydrogen-bond acceptors (Lipinski definition) is 2. The van der Waals surface area contributed by atoms with Crippen LogP contribution < -0.4 is 10.6 Å². The molecule has 7 heteroatoms. The molecule has 0 saturated carbocycles. The molecular formula is C11H13F3N2OS. The quantitative estimate of drug-likeness (QED) is 0.858. The Kier molecular flexibility index (Phi) is 3.79. The molecule has 1 aromatic rings. The minimum absolute atomic E-state index is 0.173. The standard InChI is InChI=1S/C11H13F3N2OS/c12-11(13,14)6-15-10(17)16-8-2-1-3-9-7(8)4-5-18-9/h4-5,8H,1-3,6H2,(H2,15,16,17). The molecule has 0 saturated heterocycles. The number of thiophene rings is 1. The topological polar surface area (TPSA) is 41.1 Å². The lowest BCUT2D eigenvalue weighted by atomic mass is 9.94. The maximum absolute atomic E-state index is 11.9. The van der Waals surface area contributed by atoms with E-state index in [1.807, 2.05) is 16.8 Å². The molecule has 0 aromatic carbocycles. The minimum atomic E-state index is -4.38. The first-order valence-electron chi connectivity index (χ1n) is 5.63. The van der Waals surface area contributed by atoms with Crippen molar-refractivity contribution in [2.45, 2.75) is 31.5 Å². The van der Waals surface area contributed by atoms with Crippen molar-refractivity contribution < 1.29 is 18.0 Å². The molecule has 1 aliphatic carbocycles. The number of alkyl halides is 3. The fourth-order valence-electron chi connectivity index (χ4n) is 2.03. The number of aryl methyl sites for hydroxylation is 1. The van der Waals surface area contributed by atoms with Crippen LogP contribution in [0.15, 0.2) is 11.4 Å². The number of carbonyl (C=O) groups is 1. The number of hydrogen-bond donors (Lipinski definition) is 2. The summed E-state index contributed by atoms with van der Waals surface area (Å²) in [5, 5.41) is 6.35. The van der Waals surface area contributed by atoms with Gasteiger partial charge in [-0.2, -0.15) is 13.2 Å². The summed E-state index contributed by atoms with van der Waals surface area (Å²) in [6.45, 7) is -1.30. The zero-order valence-electron chi connectivity index (χ0n) is 9.51. The van der Waals surface area contributed by atoms with Gasteiger partial charge in [-0.05, 0) is 36.3 Å².